The summed E-state index contributed by atoms with van der Waals surface area (Å²) in [5.41, 5.74) is 6.93. The number of benzene rings is 1. The predicted molar refractivity (Wildman–Crippen MR) is 60.9 cm³/mol. The number of nitrogens with zero attached hydrogens (tertiary/aromatic N) is 1. The summed E-state index contributed by atoms with van der Waals surface area (Å²) in [5, 5.41) is 0. The summed E-state index contributed by atoms with van der Waals surface area (Å²) >= 11 is 0. The molecule has 0 radical (unpaired) electrons. The summed E-state index contributed by atoms with van der Waals surface area (Å²) in [4.78, 5) is 13.2. The Morgan fingerprint density at radius 3 is 2.81 bits per heavy atom. The van der Waals surface area contributed by atoms with E-state index in [1.165, 1.54) is 0 Å². The van der Waals surface area contributed by atoms with E-state index in [1.54, 1.807) is 38.1 Å². The number of fused-ring (bicyclic) bond motifs is 1. The zero-order valence-electron chi connectivity index (χ0n) is 9.48. The van der Waals surface area contributed by atoms with Crippen molar-refractivity contribution < 1.29 is 14.3 Å². The van der Waals surface area contributed by atoms with Crippen LogP contribution in [-0.4, -0.2) is 26.2 Å². The van der Waals surface area contributed by atoms with Crippen LogP contribution in [0.5, 0.6) is 11.5 Å². The number of ether oxygens (including phenoxy) is 2. The highest BCUT2D eigenvalue weighted by molar-refractivity contribution is 6.00. The Balaban J connectivity index is 2.53. The third-order valence-corrected chi connectivity index (χ3v) is 2.65. The number of anilines is 2. The van der Waals surface area contributed by atoms with Gasteiger partial charge in [-0.15, -0.1) is 0 Å². The van der Waals surface area contributed by atoms with Crippen LogP contribution in [0.2, 0.25) is 0 Å². The second-order valence-electron chi connectivity index (χ2n) is 3.72. The van der Waals surface area contributed by atoms with Crippen LogP contribution in [0.1, 0.15) is 6.92 Å². The number of methoxy groups -OCH3 is 1. The van der Waals surface area contributed by atoms with E-state index >= 15 is 0 Å². The molecule has 5 heteroatoms. The topological polar surface area (TPSA) is 64.8 Å². The molecule has 86 valence electrons. The fourth-order valence-corrected chi connectivity index (χ4v) is 1.73. The Kier molecular flexibility index (Phi) is 2.38. The monoisotopic (exact) mass is 222 g/mol. The average molecular weight is 222 g/mol. The van der Waals surface area contributed by atoms with E-state index in [0.717, 1.165) is 0 Å². The van der Waals surface area contributed by atoms with Gasteiger partial charge in [0.25, 0.3) is 5.91 Å². The first-order valence-electron chi connectivity index (χ1n) is 4.96. The van der Waals surface area contributed by atoms with Gasteiger partial charge in [-0.25, -0.2) is 0 Å². The van der Waals surface area contributed by atoms with Gasteiger partial charge in [0.2, 0.25) is 0 Å². The van der Waals surface area contributed by atoms with Crippen molar-refractivity contribution in [3.63, 3.8) is 0 Å². The molecule has 1 unspecified atom stereocenters. The molecule has 16 heavy (non-hydrogen) atoms. The second-order valence-corrected chi connectivity index (χ2v) is 3.72. The number of nitrogens with two attached hydrogens (primary N) is 1. The summed E-state index contributed by atoms with van der Waals surface area (Å²) in [6.45, 7) is 1.71. The quantitative estimate of drug-likeness (QED) is 0.720. The van der Waals surface area contributed by atoms with Crippen molar-refractivity contribution in [2.24, 2.45) is 0 Å². The largest absolute Gasteiger partial charge is 0.494 e. The van der Waals surface area contributed by atoms with E-state index in [9.17, 15) is 4.79 Å². The molecule has 1 amide bonds. The molecule has 2 N–H and O–H groups in total. The fraction of sp³-hybridized carbons (Fsp3) is 0.364. The maximum absolute atomic E-state index is 11.7. The lowest BCUT2D eigenvalue weighted by molar-refractivity contribution is -0.125. The van der Waals surface area contributed by atoms with Gasteiger partial charge in [0, 0.05) is 13.1 Å². The predicted octanol–water partition coefficient (Wildman–Crippen LogP) is 1.02. The number of carbonyl (C=O) groups excluding carboxylic acids is 1. The third kappa shape index (κ3) is 1.44. The molecule has 0 aromatic heterocycles. The minimum absolute atomic E-state index is 0.0860. The third-order valence-electron chi connectivity index (χ3n) is 2.65. The van der Waals surface area contributed by atoms with E-state index < -0.39 is 6.10 Å². The summed E-state index contributed by atoms with van der Waals surface area (Å²) < 4.78 is 10.6. The number of hydrogen-bond donors (Lipinski definition) is 1. The molecule has 0 saturated heterocycles. The van der Waals surface area contributed by atoms with Gasteiger partial charge in [-0.05, 0) is 13.0 Å². The summed E-state index contributed by atoms with van der Waals surface area (Å²) in [6.07, 6.45) is -0.481. The first-order valence-corrected chi connectivity index (χ1v) is 4.96. The van der Waals surface area contributed by atoms with Crippen LogP contribution >= 0.6 is 0 Å². The Labute approximate surface area is 93.7 Å². The molecule has 0 fully saturated rings. The number of hydrogen-bond acceptors (Lipinski definition) is 4. The molecule has 1 aromatic rings. The molecular weight excluding hydrogens is 208 g/mol. The molecule has 0 aliphatic carbocycles. The van der Waals surface area contributed by atoms with Crippen molar-refractivity contribution in [3.05, 3.63) is 12.1 Å². The van der Waals surface area contributed by atoms with Crippen LogP contribution in [0.15, 0.2) is 12.1 Å². The molecule has 1 aliphatic heterocycles. The number of amides is 1. The Morgan fingerprint density at radius 2 is 2.19 bits per heavy atom. The molecule has 0 spiro atoms. The normalized spacial score (nSPS) is 19.1. The van der Waals surface area contributed by atoms with E-state index in [2.05, 4.69) is 0 Å². The van der Waals surface area contributed by atoms with Gasteiger partial charge in [-0.3, -0.25) is 4.79 Å². The van der Waals surface area contributed by atoms with Crippen molar-refractivity contribution in [2.45, 2.75) is 13.0 Å². The number of carbonyl (C=O) groups is 1. The Morgan fingerprint density at radius 1 is 1.50 bits per heavy atom. The molecule has 1 aliphatic rings. The molecule has 1 heterocycles. The van der Waals surface area contributed by atoms with Gasteiger partial charge in [0.05, 0.1) is 18.5 Å². The molecule has 2 rings (SSSR count). The first-order chi connectivity index (χ1) is 7.54. The van der Waals surface area contributed by atoms with Gasteiger partial charge < -0.3 is 20.1 Å². The van der Waals surface area contributed by atoms with Crippen molar-refractivity contribution in [1.82, 2.24) is 0 Å². The number of likely N-dealkylation sites (N-methyl/N-ethyl adjacent to an activating group) is 1. The van der Waals surface area contributed by atoms with Crippen LogP contribution in [0.3, 0.4) is 0 Å². The van der Waals surface area contributed by atoms with Crippen LogP contribution in [0.4, 0.5) is 11.4 Å². The van der Waals surface area contributed by atoms with Crippen LogP contribution in [0.25, 0.3) is 0 Å². The second kappa shape index (κ2) is 3.59. The highest BCUT2D eigenvalue weighted by atomic mass is 16.5. The van der Waals surface area contributed by atoms with E-state index in [0.29, 0.717) is 22.9 Å². The lowest BCUT2D eigenvalue weighted by atomic mass is 10.1. The van der Waals surface area contributed by atoms with E-state index in [1.807, 2.05) is 0 Å². The fourth-order valence-electron chi connectivity index (χ4n) is 1.73. The molecule has 0 bridgehead atoms. The zero-order valence-corrected chi connectivity index (χ0v) is 9.48. The van der Waals surface area contributed by atoms with Crippen molar-refractivity contribution in [2.75, 3.05) is 24.8 Å². The maximum Gasteiger partial charge on any atom is 0.267 e. The SMILES string of the molecule is COc1cc2c(cc1N)N(C)C(=O)C(C)O2. The van der Waals surface area contributed by atoms with Crippen LogP contribution in [0, 0.1) is 0 Å². The number of nitrogen functional groups attached to an aromatic ring is 1. The molecule has 0 saturated carbocycles. The van der Waals surface area contributed by atoms with Crippen molar-refractivity contribution >= 4 is 17.3 Å². The summed E-state index contributed by atoms with van der Waals surface area (Å²) in [5.74, 6) is 1.08. The standard InChI is InChI=1S/C11H14N2O3/c1-6-11(14)13(2)8-4-7(12)9(15-3)5-10(8)16-6/h4-6H,12H2,1-3H3. The average Bonchev–Trinajstić information content (AvgIpc) is 2.27. The highest BCUT2D eigenvalue weighted by Gasteiger charge is 2.29. The van der Waals surface area contributed by atoms with Gasteiger partial charge in [0.15, 0.2) is 6.10 Å². The smallest absolute Gasteiger partial charge is 0.267 e. The van der Waals surface area contributed by atoms with E-state index in [4.69, 9.17) is 15.2 Å². The summed E-state index contributed by atoms with van der Waals surface area (Å²) in [7, 11) is 3.24. The van der Waals surface area contributed by atoms with Crippen molar-refractivity contribution in [1.29, 1.82) is 0 Å². The first kappa shape index (κ1) is 10.6. The zero-order chi connectivity index (χ0) is 11.9. The van der Waals surface area contributed by atoms with Crippen LogP contribution in [-0.2, 0) is 4.79 Å². The minimum atomic E-state index is -0.481. The molecule has 1 aromatic carbocycles. The highest BCUT2D eigenvalue weighted by Crippen LogP contribution is 2.39. The van der Waals surface area contributed by atoms with Crippen LogP contribution < -0.4 is 20.1 Å². The number of rotatable bonds is 1. The van der Waals surface area contributed by atoms with Gasteiger partial charge in [0.1, 0.15) is 11.5 Å². The maximum atomic E-state index is 11.7. The van der Waals surface area contributed by atoms with Gasteiger partial charge in [-0.1, -0.05) is 0 Å². The van der Waals surface area contributed by atoms with Gasteiger partial charge >= 0.3 is 0 Å². The van der Waals surface area contributed by atoms with Crippen molar-refractivity contribution in [3.8, 4) is 11.5 Å². The Hall–Kier alpha value is -1.91. The minimum Gasteiger partial charge on any atom is -0.494 e. The van der Waals surface area contributed by atoms with Gasteiger partial charge in [-0.2, -0.15) is 0 Å². The summed E-state index contributed by atoms with van der Waals surface area (Å²) in [6, 6.07) is 3.38. The molecular formula is C11H14N2O3. The lowest BCUT2D eigenvalue weighted by Gasteiger charge is -2.30. The van der Waals surface area contributed by atoms with E-state index in [-0.39, 0.29) is 5.91 Å². The molecule has 1 atom stereocenters. The molecule has 5 nitrogen and oxygen atoms in total. The Bertz CT molecular complexity index is 445. The lowest BCUT2D eigenvalue weighted by Crippen LogP contribution is -2.42.